The molecule has 32 heavy (non-hydrogen) atoms. The molecule has 0 aromatic heterocycles. The number of carbonyl (C=O) groups excluding carboxylic acids is 1. The molecule has 172 valence electrons. The maximum absolute atomic E-state index is 15.0. The van der Waals surface area contributed by atoms with Gasteiger partial charge in [-0.25, -0.2) is 4.39 Å². The lowest BCUT2D eigenvalue weighted by Gasteiger charge is -2.37. The van der Waals surface area contributed by atoms with Gasteiger partial charge in [0, 0.05) is 42.0 Å². The number of carbonyl (C=O) groups is 1. The summed E-state index contributed by atoms with van der Waals surface area (Å²) in [7, 11) is 0. The summed E-state index contributed by atoms with van der Waals surface area (Å²) in [5.74, 6) is -0.611. The number of benzene rings is 2. The van der Waals surface area contributed by atoms with Crippen LogP contribution in [0.3, 0.4) is 0 Å². The minimum atomic E-state index is -0.871. The number of anilines is 2. The molecule has 2 aliphatic heterocycles. The van der Waals surface area contributed by atoms with Crippen LogP contribution in [0.5, 0.6) is 0 Å². The Labute approximate surface area is 197 Å². The fraction of sp³-hybridized carbons (Fsp3) is 0.458. The maximum Gasteiger partial charge on any atom is 0.235 e. The van der Waals surface area contributed by atoms with Gasteiger partial charge in [-0.2, -0.15) is 0 Å². The predicted octanol–water partition coefficient (Wildman–Crippen LogP) is 5.43. The fourth-order valence-electron chi connectivity index (χ4n) is 4.68. The van der Waals surface area contributed by atoms with Crippen molar-refractivity contribution in [3.63, 3.8) is 0 Å². The predicted molar refractivity (Wildman–Crippen MR) is 125 cm³/mol. The normalized spacial score (nSPS) is 23.1. The summed E-state index contributed by atoms with van der Waals surface area (Å²) in [5, 5.41) is 3.85. The van der Waals surface area contributed by atoms with Crippen LogP contribution in [0.4, 0.5) is 15.8 Å². The molecule has 2 atom stereocenters. The first-order chi connectivity index (χ1) is 15.3. The van der Waals surface area contributed by atoms with E-state index in [1.807, 2.05) is 18.7 Å². The molecular weight excluding hydrogens is 454 g/mol. The van der Waals surface area contributed by atoms with Crippen molar-refractivity contribution in [2.24, 2.45) is 0 Å². The molecule has 8 heteroatoms. The van der Waals surface area contributed by atoms with Crippen LogP contribution in [0.2, 0.25) is 10.0 Å². The molecule has 2 aromatic rings. The third-order valence-electron chi connectivity index (χ3n) is 6.19. The molecular formula is C24H27Cl2FN2O3. The van der Waals surface area contributed by atoms with Gasteiger partial charge < -0.3 is 19.7 Å². The average Bonchev–Trinajstić information content (AvgIpc) is 2.73. The van der Waals surface area contributed by atoms with Crippen LogP contribution >= 0.6 is 23.2 Å². The molecule has 2 heterocycles. The number of hydrogen-bond donors (Lipinski definition) is 1. The number of amides is 1. The Morgan fingerprint density at radius 2 is 1.78 bits per heavy atom. The van der Waals surface area contributed by atoms with Crippen molar-refractivity contribution < 1.29 is 18.7 Å². The Hall–Kier alpha value is -1.86. The number of rotatable bonds is 4. The zero-order chi connectivity index (χ0) is 22.9. The maximum atomic E-state index is 15.0. The van der Waals surface area contributed by atoms with Gasteiger partial charge in [0.15, 0.2) is 0 Å². The number of hydrogen-bond acceptors (Lipinski definition) is 4. The Kier molecular flexibility index (Phi) is 6.96. The van der Waals surface area contributed by atoms with E-state index in [2.05, 4.69) is 5.32 Å². The van der Waals surface area contributed by atoms with Gasteiger partial charge in [0.25, 0.3) is 0 Å². The third-order valence-corrected chi connectivity index (χ3v) is 6.74. The summed E-state index contributed by atoms with van der Waals surface area (Å²) in [6, 6.07) is 9.97. The van der Waals surface area contributed by atoms with Gasteiger partial charge in [-0.1, -0.05) is 29.3 Å². The topological polar surface area (TPSA) is 50.8 Å². The Balaban J connectivity index is 1.58. The average molecular weight is 481 g/mol. The number of halogens is 3. The molecule has 0 radical (unpaired) electrons. The van der Waals surface area contributed by atoms with E-state index in [0.717, 1.165) is 0 Å². The lowest BCUT2D eigenvalue weighted by Crippen LogP contribution is -2.46. The van der Waals surface area contributed by atoms with Crippen LogP contribution in [0.1, 0.15) is 32.3 Å². The smallest absolute Gasteiger partial charge is 0.235 e. The lowest BCUT2D eigenvalue weighted by molar-refractivity contribution is -0.125. The van der Waals surface area contributed by atoms with Gasteiger partial charge in [-0.15, -0.1) is 0 Å². The molecule has 5 nitrogen and oxygen atoms in total. The SMILES string of the molecule is CC1CN(c2ccc(NC(=O)C3(c4ccc(Cl)cc4Cl)CCOCC3)cc2F)CC(C)O1. The zero-order valence-corrected chi connectivity index (χ0v) is 19.7. The van der Waals surface area contributed by atoms with E-state index in [0.29, 0.717) is 66.1 Å². The Morgan fingerprint density at radius 1 is 1.09 bits per heavy atom. The van der Waals surface area contributed by atoms with Crippen molar-refractivity contribution >= 4 is 40.5 Å². The summed E-state index contributed by atoms with van der Waals surface area (Å²) in [6.45, 7) is 6.06. The van der Waals surface area contributed by atoms with E-state index >= 15 is 4.39 Å². The summed E-state index contributed by atoms with van der Waals surface area (Å²) >= 11 is 12.5. The number of morpholine rings is 1. The second-order valence-corrected chi connectivity index (χ2v) is 9.44. The second kappa shape index (κ2) is 9.56. The summed E-state index contributed by atoms with van der Waals surface area (Å²) in [5.41, 5.74) is 0.746. The molecule has 0 saturated carbocycles. The molecule has 1 N–H and O–H groups in total. The quantitative estimate of drug-likeness (QED) is 0.633. The van der Waals surface area contributed by atoms with Crippen LogP contribution in [-0.4, -0.2) is 44.4 Å². The van der Waals surface area contributed by atoms with Gasteiger partial charge >= 0.3 is 0 Å². The minimum absolute atomic E-state index is 0.0232. The van der Waals surface area contributed by atoms with Crippen LogP contribution in [0.15, 0.2) is 36.4 Å². The number of nitrogens with zero attached hydrogens (tertiary/aromatic N) is 1. The highest BCUT2D eigenvalue weighted by atomic mass is 35.5. The highest BCUT2D eigenvalue weighted by Gasteiger charge is 2.43. The summed E-state index contributed by atoms with van der Waals surface area (Å²) in [6.07, 6.45) is 0.999. The van der Waals surface area contributed by atoms with Crippen LogP contribution < -0.4 is 10.2 Å². The van der Waals surface area contributed by atoms with Crippen LogP contribution in [0.25, 0.3) is 0 Å². The standard InChI is InChI=1S/C24H27Cl2FN2O3/c1-15-13-29(14-16(2)32-15)22-6-4-18(12-21(22)27)28-23(30)24(7-9-31-10-8-24)19-5-3-17(25)11-20(19)26/h3-6,11-12,15-16H,7-10,13-14H2,1-2H3,(H,28,30). The van der Waals surface area contributed by atoms with Crippen molar-refractivity contribution in [3.8, 4) is 0 Å². The van der Waals surface area contributed by atoms with Crippen molar-refractivity contribution in [1.82, 2.24) is 0 Å². The van der Waals surface area contributed by atoms with Crippen LogP contribution in [0, 0.1) is 5.82 Å². The monoisotopic (exact) mass is 480 g/mol. The van der Waals surface area contributed by atoms with E-state index in [1.54, 1.807) is 30.3 Å². The highest BCUT2D eigenvalue weighted by molar-refractivity contribution is 6.35. The summed E-state index contributed by atoms with van der Waals surface area (Å²) < 4.78 is 26.3. The molecule has 1 amide bonds. The summed E-state index contributed by atoms with van der Waals surface area (Å²) in [4.78, 5) is 15.5. The van der Waals surface area contributed by atoms with Crippen molar-refractivity contribution in [2.45, 2.75) is 44.3 Å². The first-order valence-corrected chi connectivity index (χ1v) is 11.6. The van der Waals surface area contributed by atoms with E-state index in [4.69, 9.17) is 32.7 Å². The van der Waals surface area contributed by atoms with Gasteiger partial charge in [-0.05, 0) is 62.6 Å². The number of ether oxygens (including phenoxy) is 2. The number of nitrogens with one attached hydrogen (secondary N) is 1. The third kappa shape index (κ3) is 4.74. The first kappa shape index (κ1) is 23.3. The van der Waals surface area contributed by atoms with Gasteiger partial charge in [0.05, 0.1) is 23.3 Å². The second-order valence-electron chi connectivity index (χ2n) is 8.60. The van der Waals surface area contributed by atoms with Crippen LogP contribution in [-0.2, 0) is 19.7 Å². The van der Waals surface area contributed by atoms with E-state index < -0.39 is 5.41 Å². The zero-order valence-electron chi connectivity index (χ0n) is 18.2. The molecule has 0 bridgehead atoms. The molecule has 4 rings (SSSR count). The Morgan fingerprint density at radius 3 is 2.41 bits per heavy atom. The van der Waals surface area contributed by atoms with Gasteiger partial charge in [-0.3, -0.25) is 4.79 Å². The molecule has 0 aliphatic carbocycles. The molecule has 0 spiro atoms. The van der Waals surface area contributed by atoms with E-state index in [1.165, 1.54) is 6.07 Å². The van der Waals surface area contributed by atoms with E-state index in [9.17, 15) is 4.79 Å². The van der Waals surface area contributed by atoms with Crippen molar-refractivity contribution in [3.05, 3.63) is 57.8 Å². The largest absolute Gasteiger partial charge is 0.381 e. The highest BCUT2D eigenvalue weighted by Crippen LogP contribution is 2.41. The molecule has 2 fully saturated rings. The first-order valence-electron chi connectivity index (χ1n) is 10.8. The lowest BCUT2D eigenvalue weighted by atomic mass is 9.73. The molecule has 2 aromatic carbocycles. The molecule has 2 saturated heterocycles. The molecule has 2 unspecified atom stereocenters. The van der Waals surface area contributed by atoms with Gasteiger partial charge in [0.1, 0.15) is 5.82 Å². The minimum Gasteiger partial charge on any atom is -0.381 e. The van der Waals surface area contributed by atoms with E-state index in [-0.39, 0.29) is 23.9 Å². The van der Waals surface area contributed by atoms with Gasteiger partial charge in [0.2, 0.25) is 5.91 Å². The molecule has 2 aliphatic rings. The van der Waals surface area contributed by atoms with Crippen molar-refractivity contribution in [1.29, 1.82) is 0 Å². The fourth-order valence-corrected chi connectivity index (χ4v) is 5.27. The van der Waals surface area contributed by atoms with Crippen molar-refractivity contribution in [2.75, 3.05) is 36.5 Å². The Bertz CT molecular complexity index is 987.